The van der Waals surface area contributed by atoms with E-state index in [2.05, 4.69) is 26.0 Å². The number of hydrogen-bond acceptors (Lipinski definition) is 6. The molecular weight excluding hydrogens is 498 g/mol. The van der Waals surface area contributed by atoms with Gasteiger partial charge in [0.1, 0.15) is 11.6 Å². The van der Waals surface area contributed by atoms with Gasteiger partial charge in [0.05, 0.1) is 28.7 Å². The van der Waals surface area contributed by atoms with Crippen molar-refractivity contribution >= 4 is 50.6 Å². The Morgan fingerprint density at radius 1 is 1.25 bits per heavy atom. The van der Waals surface area contributed by atoms with E-state index in [1.165, 1.54) is 10.9 Å². The number of nitrogens with zero attached hydrogens (tertiary/aromatic N) is 3. The molecule has 1 atom stereocenters. The van der Waals surface area contributed by atoms with E-state index in [1.807, 2.05) is 19.9 Å². The first-order valence-corrected chi connectivity index (χ1v) is 11.3. The second-order valence-corrected chi connectivity index (χ2v) is 8.67. The van der Waals surface area contributed by atoms with Crippen molar-refractivity contribution in [1.29, 1.82) is 0 Å². The number of ether oxygens (including phenoxy) is 2. The first-order chi connectivity index (χ1) is 15.2. The molecule has 9 heteroatoms. The Morgan fingerprint density at radius 3 is 2.66 bits per heavy atom. The second-order valence-electron chi connectivity index (χ2n) is 7.35. The SMILES string of the molecule is CCOC(=O)[C@@H](C)Oc1ccc(C=Nn2c(C(C)C)nc3ccc(Br)cc3c2=O)cc1Cl. The molecule has 0 amide bonds. The molecule has 0 radical (unpaired) electrons. The first-order valence-electron chi connectivity index (χ1n) is 10.1. The lowest BCUT2D eigenvalue weighted by Crippen LogP contribution is -2.26. The minimum absolute atomic E-state index is 0.0170. The van der Waals surface area contributed by atoms with Gasteiger partial charge in [-0.3, -0.25) is 4.79 Å². The molecule has 0 N–H and O–H groups in total. The smallest absolute Gasteiger partial charge is 0.347 e. The van der Waals surface area contributed by atoms with Crippen molar-refractivity contribution in [2.45, 2.75) is 39.7 Å². The number of aromatic nitrogens is 2. The lowest BCUT2D eigenvalue weighted by Gasteiger charge is -2.14. The molecule has 7 nitrogen and oxygen atoms in total. The van der Waals surface area contributed by atoms with Crippen LogP contribution in [0.1, 0.15) is 45.0 Å². The third kappa shape index (κ3) is 5.37. The summed E-state index contributed by atoms with van der Waals surface area (Å²) >= 11 is 9.71. The molecule has 0 saturated carbocycles. The van der Waals surface area contributed by atoms with Gasteiger partial charge in [0.15, 0.2) is 6.10 Å². The van der Waals surface area contributed by atoms with Gasteiger partial charge in [-0.05, 0) is 55.8 Å². The van der Waals surface area contributed by atoms with Crippen molar-refractivity contribution in [3.63, 3.8) is 0 Å². The number of benzene rings is 2. The summed E-state index contributed by atoms with van der Waals surface area (Å²) in [6, 6.07) is 10.4. The topological polar surface area (TPSA) is 82.8 Å². The van der Waals surface area contributed by atoms with E-state index < -0.39 is 12.1 Å². The Balaban J connectivity index is 1.93. The van der Waals surface area contributed by atoms with Crippen LogP contribution in [0, 0.1) is 0 Å². The molecule has 168 valence electrons. The Kier molecular flexibility index (Phi) is 7.69. The van der Waals surface area contributed by atoms with Crippen LogP contribution in [0.5, 0.6) is 5.75 Å². The lowest BCUT2D eigenvalue weighted by molar-refractivity contribution is -0.150. The van der Waals surface area contributed by atoms with Gasteiger partial charge in [-0.15, -0.1) is 0 Å². The van der Waals surface area contributed by atoms with Gasteiger partial charge in [-0.2, -0.15) is 9.78 Å². The molecule has 0 aliphatic rings. The molecule has 1 heterocycles. The number of carbonyl (C=O) groups excluding carboxylic acids is 1. The van der Waals surface area contributed by atoms with Gasteiger partial charge in [-0.25, -0.2) is 9.78 Å². The maximum Gasteiger partial charge on any atom is 0.347 e. The summed E-state index contributed by atoms with van der Waals surface area (Å²) in [5.74, 6) is 0.416. The molecule has 3 rings (SSSR count). The third-order valence-corrected chi connectivity index (χ3v) is 5.34. The molecule has 1 aromatic heterocycles. The quantitative estimate of drug-likeness (QED) is 0.318. The summed E-state index contributed by atoms with van der Waals surface area (Å²) in [6.07, 6.45) is 0.741. The average molecular weight is 521 g/mol. The summed E-state index contributed by atoms with van der Waals surface area (Å²) in [7, 11) is 0. The summed E-state index contributed by atoms with van der Waals surface area (Å²) in [5, 5.41) is 5.16. The fourth-order valence-electron chi connectivity index (χ4n) is 2.97. The highest BCUT2D eigenvalue weighted by Gasteiger charge is 2.17. The molecule has 0 saturated heterocycles. The van der Waals surface area contributed by atoms with Gasteiger partial charge in [0.25, 0.3) is 5.56 Å². The number of esters is 1. The highest BCUT2D eigenvalue weighted by atomic mass is 79.9. The number of carbonyl (C=O) groups is 1. The molecular formula is C23H23BrClN3O4. The average Bonchev–Trinajstić information content (AvgIpc) is 2.75. The molecule has 0 fully saturated rings. The van der Waals surface area contributed by atoms with Gasteiger partial charge in [0, 0.05) is 10.4 Å². The maximum atomic E-state index is 13.1. The molecule has 0 unspecified atom stereocenters. The standard InChI is InChI=1S/C23H23BrClN3O4/c1-5-31-23(30)14(4)32-20-9-6-15(10-18(20)25)12-26-28-21(13(2)3)27-19-8-7-16(24)11-17(19)22(28)29/h6-14H,5H2,1-4H3/t14-/m1/s1. The van der Waals surface area contributed by atoms with Crippen LogP contribution in [0.4, 0.5) is 0 Å². The van der Waals surface area contributed by atoms with E-state index in [4.69, 9.17) is 21.1 Å². The Bertz CT molecular complexity index is 1240. The van der Waals surface area contributed by atoms with E-state index in [1.54, 1.807) is 44.2 Å². The highest BCUT2D eigenvalue weighted by Crippen LogP contribution is 2.26. The van der Waals surface area contributed by atoms with E-state index in [0.717, 1.165) is 4.47 Å². The van der Waals surface area contributed by atoms with Crippen LogP contribution in [-0.2, 0) is 9.53 Å². The highest BCUT2D eigenvalue weighted by molar-refractivity contribution is 9.10. The predicted octanol–water partition coefficient (Wildman–Crippen LogP) is 5.15. The zero-order valence-corrected chi connectivity index (χ0v) is 20.5. The zero-order chi connectivity index (χ0) is 23.4. The van der Waals surface area contributed by atoms with Gasteiger partial charge in [0.2, 0.25) is 0 Å². The normalized spacial score (nSPS) is 12.5. The van der Waals surface area contributed by atoms with Crippen LogP contribution in [0.25, 0.3) is 10.9 Å². The first kappa shape index (κ1) is 23.9. The van der Waals surface area contributed by atoms with Gasteiger partial charge >= 0.3 is 5.97 Å². The van der Waals surface area contributed by atoms with Crippen LogP contribution in [0.3, 0.4) is 0 Å². The lowest BCUT2D eigenvalue weighted by atomic mass is 10.2. The van der Waals surface area contributed by atoms with Crippen LogP contribution in [0.15, 0.2) is 50.8 Å². The van der Waals surface area contributed by atoms with Crippen molar-refractivity contribution in [3.8, 4) is 5.75 Å². The summed E-state index contributed by atoms with van der Waals surface area (Å²) in [5.41, 5.74) is 1.02. The van der Waals surface area contributed by atoms with Crippen molar-refractivity contribution in [2.75, 3.05) is 6.61 Å². The summed E-state index contributed by atoms with van der Waals surface area (Å²) in [4.78, 5) is 29.5. The van der Waals surface area contributed by atoms with Crippen LogP contribution < -0.4 is 10.3 Å². The number of fused-ring (bicyclic) bond motifs is 1. The fourth-order valence-corrected chi connectivity index (χ4v) is 3.56. The van der Waals surface area contributed by atoms with E-state index >= 15 is 0 Å². The molecule has 3 aromatic rings. The largest absolute Gasteiger partial charge is 0.477 e. The molecule has 0 aliphatic carbocycles. The molecule has 32 heavy (non-hydrogen) atoms. The van der Waals surface area contributed by atoms with E-state index in [0.29, 0.717) is 33.1 Å². The monoisotopic (exact) mass is 519 g/mol. The Hall–Kier alpha value is -2.71. The Labute approximate surface area is 199 Å². The second kappa shape index (κ2) is 10.3. The molecule has 0 aliphatic heterocycles. The van der Waals surface area contributed by atoms with E-state index in [9.17, 15) is 9.59 Å². The number of hydrogen-bond donors (Lipinski definition) is 0. The van der Waals surface area contributed by atoms with Crippen molar-refractivity contribution in [1.82, 2.24) is 9.66 Å². The van der Waals surface area contributed by atoms with Crippen molar-refractivity contribution < 1.29 is 14.3 Å². The van der Waals surface area contributed by atoms with E-state index in [-0.39, 0.29) is 18.1 Å². The van der Waals surface area contributed by atoms with Crippen LogP contribution in [0.2, 0.25) is 5.02 Å². The third-order valence-electron chi connectivity index (χ3n) is 4.55. The fraction of sp³-hybridized carbons (Fsp3) is 0.304. The summed E-state index contributed by atoms with van der Waals surface area (Å²) < 4.78 is 12.6. The molecule has 2 aromatic carbocycles. The van der Waals surface area contributed by atoms with Crippen molar-refractivity contribution in [2.24, 2.45) is 5.10 Å². The van der Waals surface area contributed by atoms with Gasteiger partial charge in [-0.1, -0.05) is 41.4 Å². The number of rotatable bonds is 7. The van der Waals surface area contributed by atoms with Crippen molar-refractivity contribution in [3.05, 3.63) is 67.6 Å². The minimum atomic E-state index is -0.790. The van der Waals surface area contributed by atoms with Crippen LogP contribution in [-0.4, -0.2) is 34.6 Å². The van der Waals surface area contributed by atoms with Crippen LogP contribution >= 0.6 is 27.5 Å². The minimum Gasteiger partial charge on any atom is -0.477 e. The maximum absolute atomic E-state index is 13.1. The number of halogens is 2. The molecule has 0 spiro atoms. The van der Waals surface area contributed by atoms with Gasteiger partial charge < -0.3 is 9.47 Å². The predicted molar refractivity (Wildman–Crippen MR) is 129 cm³/mol. The molecule has 0 bridgehead atoms. The zero-order valence-electron chi connectivity index (χ0n) is 18.1. The summed E-state index contributed by atoms with van der Waals surface area (Å²) in [6.45, 7) is 7.49. The Morgan fingerprint density at radius 2 is 2.00 bits per heavy atom.